The molecule has 23 heavy (non-hydrogen) atoms. The van der Waals surface area contributed by atoms with Crippen LogP contribution in [0, 0.1) is 0 Å². The molecule has 0 aliphatic rings. The number of aromatic amines is 1. The number of hydrogen-bond acceptors (Lipinski definition) is 4. The van der Waals surface area contributed by atoms with Gasteiger partial charge in [-0.25, -0.2) is 9.97 Å². The second-order valence-electron chi connectivity index (χ2n) is 5.00. The molecule has 2 aromatic carbocycles. The summed E-state index contributed by atoms with van der Waals surface area (Å²) < 4.78 is 0. The Labute approximate surface area is 133 Å². The largest absolute Gasteiger partial charge is 0.342 e. The molecule has 0 radical (unpaired) electrons. The van der Waals surface area contributed by atoms with Crippen LogP contribution in [0.5, 0.6) is 0 Å². The van der Waals surface area contributed by atoms with Gasteiger partial charge in [-0.1, -0.05) is 60.7 Å². The zero-order valence-corrected chi connectivity index (χ0v) is 12.2. The Hall–Kier alpha value is -3.34. The highest BCUT2D eigenvalue weighted by molar-refractivity contribution is 5.78. The van der Waals surface area contributed by atoms with Gasteiger partial charge in [0.05, 0.1) is 0 Å². The fourth-order valence-electron chi connectivity index (χ4n) is 2.40. The van der Waals surface area contributed by atoms with Crippen molar-refractivity contribution >= 4 is 0 Å². The van der Waals surface area contributed by atoms with E-state index in [2.05, 4.69) is 20.2 Å². The first-order valence-electron chi connectivity index (χ1n) is 7.27. The summed E-state index contributed by atoms with van der Waals surface area (Å²) in [6, 6.07) is 19.9. The first kappa shape index (κ1) is 13.3. The maximum Gasteiger partial charge on any atom is 0.218 e. The normalized spacial score (nSPS) is 10.6. The summed E-state index contributed by atoms with van der Waals surface area (Å²) in [5.41, 5.74) is 3.52. The predicted molar refractivity (Wildman–Crippen MR) is 88.3 cm³/mol. The van der Waals surface area contributed by atoms with Crippen molar-refractivity contribution in [2.45, 2.75) is 0 Å². The number of aromatic nitrogens is 5. The number of H-pyrrole nitrogens is 1. The molecule has 0 spiro atoms. The summed E-state index contributed by atoms with van der Waals surface area (Å²) in [6.07, 6.45) is 3.41. The van der Waals surface area contributed by atoms with Crippen molar-refractivity contribution in [3.63, 3.8) is 0 Å². The minimum atomic E-state index is 0.480. The second-order valence-corrected chi connectivity index (χ2v) is 5.00. The van der Waals surface area contributed by atoms with E-state index in [9.17, 15) is 0 Å². The minimum Gasteiger partial charge on any atom is -0.342 e. The summed E-state index contributed by atoms with van der Waals surface area (Å²) in [6.45, 7) is 0. The molecule has 0 saturated heterocycles. The van der Waals surface area contributed by atoms with Crippen LogP contribution in [0.15, 0.2) is 73.1 Å². The highest BCUT2D eigenvalue weighted by Gasteiger charge is 2.14. The lowest BCUT2D eigenvalue weighted by atomic mass is 10.0. The molecule has 0 saturated carbocycles. The Balaban J connectivity index is 1.93. The number of nitrogens with zero attached hydrogens (tertiary/aromatic N) is 4. The lowest BCUT2D eigenvalue weighted by molar-refractivity contribution is 0.974. The third-order valence-electron chi connectivity index (χ3n) is 3.49. The SMILES string of the molecule is c1ccc(-c2nnc(-c3ncc[nH]3)nc2-c2ccccc2)cc1. The fraction of sp³-hybridized carbons (Fsp3) is 0. The molecule has 110 valence electrons. The molecule has 0 unspecified atom stereocenters. The van der Waals surface area contributed by atoms with Crippen LogP contribution in [0.2, 0.25) is 0 Å². The molecule has 5 heteroatoms. The molecular formula is C18H13N5. The summed E-state index contributed by atoms with van der Waals surface area (Å²) in [5, 5.41) is 8.64. The minimum absolute atomic E-state index is 0.480. The molecular weight excluding hydrogens is 286 g/mol. The quantitative estimate of drug-likeness (QED) is 0.627. The smallest absolute Gasteiger partial charge is 0.218 e. The Morgan fingerprint density at radius 1 is 0.696 bits per heavy atom. The maximum absolute atomic E-state index is 4.69. The molecule has 0 atom stereocenters. The van der Waals surface area contributed by atoms with Crippen molar-refractivity contribution in [3.05, 3.63) is 73.1 Å². The lowest BCUT2D eigenvalue weighted by Crippen LogP contribution is -2.00. The van der Waals surface area contributed by atoms with Crippen LogP contribution in [0.25, 0.3) is 34.2 Å². The number of benzene rings is 2. The van der Waals surface area contributed by atoms with Gasteiger partial charge < -0.3 is 4.98 Å². The molecule has 0 fully saturated rings. The first-order chi connectivity index (χ1) is 11.4. The van der Waals surface area contributed by atoms with E-state index in [0.29, 0.717) is 11.6 Å². The second kappa shape index (κ2) is 5.81. The van der Waals surface area contributed by atoms with E-state index in [1.54, 1.807) is 12.4 Å². The zero-order valence-electron chi connectivity index (χ0n) is 12.2. The first-order valence-corrected chi connectivity index (χ1v) is 7.27. The van der Waals surface area contributed by atoms with E-state index in [1.165, 1.54) is 0 Å². The number of hydrogen-bond donors (Lipinski definition) is 1. The molecule has 0 aliphatic carbocycles. The fourth-order valence-corrected chi connectivity index (χ4v) is 2.40. The van der Waals surface area contributed by atoms with Crippen LogP contribution >= 0.6 is 0 Å². The van der Waals surface area contributed by atoms with Crippen LogP contribution < -0.4 is 0 Å². The van der Waals surface area contributed by atoms with Crippen LogP contribution in [0.3, 0.4) is 0 Å². The van der Waals surface area contributed by atoms with Gasteiger partial charge >= 0.3 is 0 Å². The predicted octanol–water partition coefficient (Wildman–Crippen LogP) is 3.60. The van der Waals surface area contributed by atoms with Crippen molar-refractivity contribution in [3.8, 4) is 34.2 Å². The summed E-state index contributed by atoms with van der Waals surface area (Å²) >= 11 is 0. The van der Waals surface area contributed by atoms with Crippen LogP contribution in [0.1, 0.15) is 0 Å². The highest BCUT2D eigenvalue weighted by atomic mass is 15.2. The van der Waals surface area contributed by atoms with Crippen molar-refractivity contribution in [1.82, 2.24) is 25.1 Å². The average Bonchev–Trinajstić information content (AvgIpc) is 3.17. The van der Waals surface area contributed by atoms with Gasteiger partial charge in [0.1, 0.15) is 11.4 Å². The molecule has 0 amide bonds. The van der Waals surface area contributed by atoms with Crippen LogP contribution in [0.4, 0.5) is 0 Å². The Kier molecular flexibility index (Phi) is 3.37. The highest BCUT2D eigenvalue weighted by Crippen LogP contribution is 2.29. The van der Waals surface area contributed by atoms with E-state index in [0.717, 1.165) is 22.5 Å². The van der Waals surface area contributed by atoms with Crippen molar-refractivity contribution in [2.24, 2.45) is 0 Å². The third kappa shape index (κ3) is 2.60. The Bertz CT molecular complexity index is 903. The average molecular weight is 299 g/mol. The number of nitrogens with one attached hydrogen (secondary N) is 1. The van der Waals surface area contributed by atoms with Gasteiger partial charge in [0.2, 0.25) is 5.82 Å². The van der Waals surface area contributed by atoms with Gasteiger partial charge in [0, 0.05) is 23.5 Å². The molecule has 2 aromatic heterocycles. The molecule has 4 aromatic rings. The molecule has 2 heterocycles. The molecule has 0 aliphatic heterocycles. The topological polar surface area (TPSA) is 67.3 Å². The summed E-state index contributed by atoms with van der Waals surface area (Å²) in [4.78, 5) is 11.9. The van der Waals surface area contributed by atoms with E-state index in [-0.39, 0.29) is 0 Å². The van der Waals surface area contributed by atoms with E-state index in [4.69, 9.17) is 4.98 Å². The van der Waals surface area contributed by atoms with Crippen LogP contribution in [-0.4, -0.2) is 25.1 Å². The maximum atomic E-state index is 4.69. The Morgan fingerprint density at radius 2 is 1.35 bits per heavy atom. The van der Waals surface area contributed by atoms with E-state index < -0.39 is 0 Å². The van der Waals surface area contributed by atoms with Crippen molar-refractivity contribution in [2.75, 3.05) is 0 Å². The zero-order chi connectivity index (χ0) is 15.5. The third-order valence-corrected chi connectivity index (χ3v) is 3.49. The van der Waals surface area contributed by atoms with Gasteiger partial charge in [-0.15, -0.1) is 10.2 Å². The Morgan fingerprint density at radius 3 is 1.96 bits per heavy atom. The standard InChI is InChI=1S/C18H13N5/c1-3-7-13(8-4-1)15-16(14-9-5-2-6-10-14)22-23-18(21-15)17-19-11-12-20-17/h1-12H,(H,19,20). The van der Waals surface area contributed by atoms with Gasteiger partial charge in [-0.05, 0) is 0 Å². The molecule has 1 N–H and O–H groups in total. The summed E-state index contributed by atoms with van der Waals surface area (Å²) in [5.74, 6) is 1.09. The van der Waals surface area contributed by atoms with Gasteiger partial charge in [-0.2, -0.15) is 0 Å². The molecule has 0 bridgehead atoms. The van der Waals surface area contributed by atoms with Crippen molar-refractivity contribution in [1.29, 1.82) is 0 Å². The van der Waals surface area contributed by atoms with Gasteiger partial charge in [0.25, 0.3) is 0 Å². The van der Waals surface area contributed by atoms with Gasteiger partial charge in [-0.3, -0.25) is 0 Å². The number of rotatable bonds is 3. The van der Waals surface area contributed by atoms with Gasteiger partial charge in [0.15, 0.2) is 5.82 Å². The van der Waals surface area contributed by atoms with E-state index in [1.807, 2.05) is 60.7 Å². The summed E-state index contributed by atoms with van der Waals surface area (Å²) in [7, 11) is 0. The lowest BCUT2D eigenvalue weighted by Gasteiger charge is -2.08. The molecule has 5 nitrogen and oxygen atoms in total. The van der Waals surface area contributed by atoms with E-state index >= 15 is 0 Å². The van der Waals surface area contributed by atoms with Crippen molar-refractivity contribution < 1.29 is 0 Å². The van der Waals surface area contributed by atoms with Crippen LogP contribution in [-0.2, 0) is 0 Å². The monoisotopic (exact) mass is 299 g/mol. The number of imidazole rings is 1. The molecule has 4 rings (SSSR count).